The first-order valence-corrected chi connectivity index (χ1v) is 5.89. The molecule has 0 amide bonds. The molecular weight excluding hydrogens is 384 g/mol. The first-order chi connectivity index (χ1) is 6.54. The molecule has 0 radical (unpaired) electrons. The fraction of sp³-hybridized carbons (Fsp3) is 0.250. The van der Waals surface area contributed by atoms with Gasteiger partial charge in [-0.1, -0.05) is 0 Å². The lowest BCUT2D eigenvalue weighted by Gasteiger charge is -2.13. The Kier molecular flexibility index (Phi) is 4.09. The maximum absolute atomic E-state index is 9.68. The summed E-state index contributed by atoms with van der Waals surface area (Å²) in [5.41, 5.74) is 0. The van der Waals surface area contributed by atoms with Crippen molar-refractivity contribution in [3.05, 3.63) is 13.4 Å². The van der Waals surface area contributed by atoms with Crippen molar-refractivity contribution in [3.63, 3.8) is 0 Å². The van der Waals surface area contributed by atoms with E-state index < -0.39 is 0 Å². The molecule has 0 aromatic heterocycles. The second-order valence-corrected chi connectivity index (χ2v) is 4.74. The van der Waals surface area contributed by atoms with Crippen molar-refractivity contribution >= 4 is 47.8 Å². The molecule has 0 heterocycles. The highest BCUT2D eigenvalue weighted by Crippen LogP contribution is 2.51. The Balaban J connectivity index is 3.56. The van der Waals surface area contributed by atoms with Crippen LogP contribution in [0.25, 0.3) is 0 Å². The van der Waals surface area contributed by atoms with Gasteiger partial charge in [-0.2, -0.15) is 0 Å². The number of ether oxygens (including phenoxy) is 2. The zero-order chi connectivity index (χ0) is 10.9. The van der Waals surface area contributed by atoms with Crippen LogP contribution in [0.4, 0.5) is 0 Å². The molecule has 0 bridgehead atoms. The highest BCUT2D eigenvalue weighted by molar-refractivity contribution is 9.11. The van der Waals surface area contributed by atoms with Gasteiger partial charge in [0.05, 0.1) is 14.2 Å². The zero-order valence-corrected chi connectivity index (χ0v) is 12.2. The molecule has 0 aliphatic carbocycles. The summed E-state index contributed by atoms with van der Waals surface area (Å²) in [5, 5.41) is 9.68. The van der Waals surface area contributed by atoms with Crippen molar-refractivity contribution in [2.45, 2.75) is 0 Å². The predicted molar refractivity (Wildman–Crippen MR) is 64.3 cm³/mol. The molecule has 6 heteroatoms. The van der Waals surface area contributed by atoms with E-state index in [9.17, 15) is 5.11 Å². The minimum absolute atomic E-state index is 0.0434. The van der Waals surface area contributed by atoms with Gasteiger partial charge < -0.3 is 14.6 Å². The fourth-order valence-electron chi connectivity index (χ4n) is 0.966. The Labute approximate surface area is 107 Å². The summed E-state index contributed by atoms with van der Waals surface area (Å²) in [5.74, 6) is 1.02. The SMILES string of the molecule is COc1c(Br)c(O)c(Br)c(OC)c1Br. The summed E-state index contributed by atoms with van der Waals surface area (Å²) in [4.78, 5) is 0. The number of halogens is 3. The van der Waals surface area contributed by atoms with Crippen LogP contribution in [-0.2, 0) is 0 Å². The van der Waals surface area contributed by atoms with Crippen molar-refractivity contribution in [2.75, 3.05) is 14.2 Å². The van der Waals surface area contributed by atoms with Gasteiger partial charge in [0, 0.05) is 0 Å². The zero-order valence-electron chi connectivity index (χ0n) is 7.40. The molecule has 0 spiro atoms. The van der Waals surface area contributed by atoms with Crippen LogP contribution >= 0.6 is 47.8 Å². The van der Waals surface area contributed by atoms with Crippen LogP contribution in [0.2, 0.25) is 0 Å². The van der Waals surface area contributed by atoms with Crippen molar-refractivity contribution < 1.29 is 14.6 Å². The predicted octanol–water partition coefficient (Wildman–Crippen LogP) is 3.70. The van der Waals surface area contributed by atoms with Gasteiger partial charge in [-0.05, 0) is 47.8 Å². The van der Waals surface area contributed by atoms with E-state index in [1.807, 2.05) is 0 Å². The lowest BCUT2D eigenvalue weighted by Crippen LogP contribution is -1.93. The molecule has 0 fully saturated rings. The summed E-state index contributed by atoms with van der Waals surface area (Å²) >= 11 is 9.75. The number of aromatic hydroxyl groups is 1. The van der Waals surface area contributed by atoms with Crippen LogP contribution in [0.1, 0.15) is 0 Å². The molecular formula is C8H7Br3O3. The third-order valence-corrected chi connectivity index (χ3v) is 3.81. The standard InChI is InChI=1S/C8H7Br3O3/c1-13-7-3(9)6(12)4(10)8(14-2)5(7)11/h12H,1-2H3. The van der Waals surface area contributed by atoms with Crippen molar-refractivity contribution in [3.8, 4) is 17.2 Å². The molecule has 0 unspecified atom stereocenters. The number of hydrogen-bond acceptors (Lipinski definition) is 3. The first-order valence-electron chi connectivity index (χ1n) is 3.52. The quantitative estimate of drug-likeness (QED) is 0.837. The molecule has 1 aromatic carbocycles. The molecule has 1 rings (SSSR count). The monoisotopic (exact) mass is 388 g/mol. The molecule has 14 heavy (non-hydrogen) atoms. The molecule has 0 aliphatic rings. The largest absolute Gasteiger partial charge is 0.505 e. The molecule has 1 aromatic rings. The van der Waals surface area contributed by atoms with Crippen LogP contribution < -0.4 is 9.47 Å². The van der Waals surface area contributed by atoms with Gasteiger partial charge in [-0.25, -0.2) is 0 Å². The lowest BCUT2D eigenvalue weighted by atomic mass is 10.3. The molecule has 0 saturated carbocycles. The van der Waals surface area contributed by atoms with Gasteiger partial charge in [0.15, 0.2) is 17.2 Å². The van der Waals surface area contributed by atoms with Crippen molar-refractivity contribution in [1.82, 2.24) is 0 Å². The summed E-state index contributed by atoms with van der Waals surface area (Å²) in [6, 6.07) is 0. The van der Waals surface area contributed by atoms with E-state index in [1.165, 1.54) is 14.2 Å². The Morgan fingerprint density at radius 2 is 1.21 bits per heavy atom. The van der Waals surface area contributed by atoms with Crippen LogP contribution in [0.3, 0.4) is 0 Å². The minimum Gasteiger partial charge on any atom is -0.505 e. The Hall–Kier alpha value is 0.0600. The average Bonchev–Trinajstić information content (AvgIpc) is 2.16. The number of phenols is 1. The summed E-state index contributed by atoms with van der Waals surface area (Å²) < 4.78 is 11.8. The van der Waals surface area contributed by atoms with Crippen LogP contribution in [-0.4, -0.2) is 19.3 Å². The van der Waals surface area contributed by atoms with Gasteiger partial charge in [0.25, 0.3) is 0 Å². The fourth-order valence-corrected chi connectivity index (χ4v) is 3.60. The number of hydrogen-bond donors (Lipinski definition) is 1. The maximum atomic E-state index is 9.68. The summed E-state index contributed by atoms with van der Waals surface area (Å²) in [7, 11) is 3.02. The molecule has 3 nitrogen and oxygen atoms in total. The van der Waals surface area contributed by atoms with E-state index in [2.05, 4.69) is 47.8 Å². The smallest absolute Gasteiger partial charge is 0.154 e. The Bertz CT molecular complexity index is 334. The van der Waals surface area contributed by atoms with E-state index in [0.717, 1.165) is 0 Å². The van der Waals surface area contributed by atoms with Crippen LogP contribution in [0.15, 0.2) is 13.4 Å². The van der Waals surface area contributed by atoms with E-state index in [0.29, 0.717) is 24.9 Å². The third-order valence-electron chi connectivity index (χ3n) is 1.62. The molecule has 78 valence electrons. The van der Waals surface area contributed by atoms with Gasteiger partial charge in [0.1, 0.15) is 13.4 Å². The second kappa shape index (κ2) is 4.72. The second-order valence-electron chi connectivity index (χ2n) is 2.36. The van der Waals surface area contributed by atoms with Crippen LogP contribution in [0, 0.1) is 0 Å². The Morgan fingerprint density at radius 1 is 0.857 bits per heavy atom. The highest BCUT2D eigenvalue weighted by Gasteiger charge is 2.21. The molecule has 0 aliphatic heterocycles. The van der Waals surface area contributed by atoms with Gasteiger partial charge in [-0.3, -0.25) is 0 Å². The first kappa shape index (κ1) is 12.1. The maximum Gasteiger partial charge on any atom is 0.154 e. The normalized spacial score (nSPS) is 10.1. The van der Waals surface area contributed by atoms with Gasteiger partial charge in [-0.15, -0.1) is 0 Å². The Morgan fingerprint density at radius 3 is 1.50 bits per heavy atom. The number of rotatable bonds is 2. The molecule has 1 N–H and O–H groups in total. The van der Waals surface area contributed by atoms with Gasteiger partial charge in [0.2, 0.25) is 0 Å². The van der Waals surface area contributed by atoms with E-state index >= 15 is 0 Å². The third kappa shape index (κ3) is 1.87. The van der Waals surface area contributed by atoms with Crippen molar-refractivity contribution in [1.29, 1.82) is 0 Å². The van der Waals surface area contributed by atoms with Crippen molar-refractivity contribution in [2.24, 2.45) is 0 Å². The highest BCUT2D eigenvalue weighted by atomic mass is 79.9. The molecule has 0 atom stereocenters. The minimum atomic E-state index is 0.0434. The van der Waals surface area contributed by atoms with E-state index in [-0.39, 0.29) is 5.75 Å². The van der Waals surface area contributed by atoms with E-state index in [1.54, 1.807) is 0 Å². The lowest BCUT2D eigenvalue weighted by molar-refractivity contribution is 0.374. The average molecular weight is 391 g/mol. The van der Waals surface area contributed by atoms with Gasteiger partial charge >= 0.3 is 0 Å². The van der Waals surface area contributed by atoms with E-state index in [4.69, 9.17) is 9.47 Å². The number of benzene rings is 1. The van der Waals surface area contributed by atoms with Crippen LogP contribution in [0.5, 0.6) is 17.2 Å². The number of phenolic OH excluding ortho intramolecular Hbond substituents is 1. The summed E-state index contributed by atoms with van der Waals surface area (Å²) in [6.07, 6.45) is 0. The molecule has 0 saturated heterocycles. The topological polar surface area (TPSA) is 38.7 Å². The summed E-state index contributed by atoms with van der Waals surface area (Å²) in [6.45, 7) is 0. The number of methoxy groups -OCH3 is 2.